The maximum absolute atomic E-state index is 13.3. The van der Waals surface area contributed by atoms with Crippen LogP contribution in [-0.4, -0.2) is 17.1 Å². The first-order valence-corrected chi connectivity index (χ1v) is 10.6. The zero-order chi connectivity index (χ0) is 20.5. The van der Waals surface area contributed by atoms with Crippen LogP contribution < -0.4 is 14.9 Å². The molecule has 0 saturated heterocycles. The molecule has 2 aromatic heterocycles. The minimum absolute atomic E-state index is 0.229. The van der Waals surface area contributed by atoms with Crippen LogP contribution in [0.2, 0.25) is 0 Å². The van der Waals surface area contributed by atoms with Crippen molar-refractivity contribution in [2.45, 2.75) is 19.9 Å². The van der Waals surface area contributed by atoms with Crippen molar-refractivity contribution in [2.75, 3.05) is 6.61 Å². The van der Waals surface area contributed by atoms with E-state index in [1.54, 1.807) is 42.9 Å². The molecule has 0 spiro atoms. The van der Waals surface area contributed by atoms with Gasteiger partial charge in [0.2, 0.25) is 0 Å². The molecule has 0 aliphatic carbocycles. The van der Waals surface area contributed by atoms with Gasteiger partial charge in [-0.15, -0.1) is 0 Å². The van der Waals surface area contributed by atoms with E-state index in [2.05, 4.69) is 20.9 Å². The first-order chi connectivity index (χ1) is 14.0. The summed E-state index contributed by atoms with van der Waals surface area (Å²) in [5, 5.41) is 0. The van der Waals surface area contributed by atoms with Crippen LogP contribution in [0.1, 0.15) is 31.2 Å². The molecule has 0 unspecified atom stereocenters. The number of hydrogen-bond acceptors (Lipinski definition) is 6. The van der Waals surface area contributed by atoms with Crippen LogP contribution in [-0.2, 0) is 9.53 Å². The molecule has 3 heterocycles. The van der Waals surface area contributed by atoms with E-state index in [1.165, 1.54) is 11.3 Å². The van der Waals surface area contributed by atoms with Crippen molar-refractivity contribution in [1.29, 1.82) is 0 Å². The zero-order valence-electron chi connectivity index (χ0n) is 15.7. The molecule has 0 N–H and O–H groups in total. The van der Waals surface area contributed by atoms with Gasteiger partial charge < -0.3 is 9.15 Å². The summed E-state index contributed by atoms with van der Waals surface area (Å²) in [7, 11) is 0. The highest BCUT2D eigenvalue weighted by Gasteiger charge is 2.33. The van der Waals surface area contributed by atoms with Gasteiger partial charge in [-0.25, -0.2) is 9.79 Å². The van der Waals surface area contributed by atoms with E-state index in [4.69, 9.17) is 9.15 Å². The number of halogens is 1. The molecule has 3 aromatic rings. The Morgan fingerprint density at radius 2 is 2.10 bits per heavy atom. The molecular weight excluding hydrogens is 456 g/mol. The van der Waals surface area contributed by atoms with Crippen molar-refractivity contribution in [1.82, 2.24) is 4.57 Å². The Morgan fingerprint density at radius 1 is 1.34 bits per heavy atom. The lowest BCUT2D eigenvalue weighted by Gasteiger charge is -2.24. The van der Waals surface area contributed by atoms with Crippen LogP contribution in [0.3, 0.4) is 0 Å². The van der Waals surface area contributed by atoms with E-state index in [9.17, 15) is 9.59 Å². The summed E-state index contributed by atoms with van der Waals surface area (Å²) in [5.41, 5.74) is 1.48. The van der Waals surface area contributed by atoms with E-state index in [0.717, 1.165) is 10.0 Å². The van der Waals surface area contributed by atoms with Crippen LogP contribution >= 0.6 is 27.3 Å². The molecule has 1 aliphatic rings. The summed E-state index contributed by atoms with van der Waals surface area (Å²) in [5.74, 6) is 0.110. The van der Waals surface area contributed by atoms with Crippen molar-refractivity contribution in [3.8, 4) is 0 Å². The third-order valence-corrected chi connectivity index (χ3v) is 6.03. The van der Waals surface area contributed by atoms with Crippen LogP contribution in [0, 0.1) is 0 Å². The van der Waals surface area contributed by atoms with Crippen molar-refractivity contribution in [3.63, 3.8) is 0 Å². The lowest BCUT2D eigenvalue weighted by atomic mass is 9.96. The van der Waals surface area contributed by atoms with Crippen LogP contribution in [0.15, 0.2) is 72.6 Å². The minimum Gasteiger partial charge on any atom is -0.465 e. The molecule has 0 saturated carbocycles. The summed E-state index contributed by atoms with van der Waals surface area (Å²) in [6, 6.07) is 10.5. The van der Waals surface area contributed by atoms with E-state index < -0.39 is 12.0 Å². The largest absolute Gasteiger partial charge is 0.465 e. The average Bonchev–Trinajstić information content (AvgIpc) is 3.30. The molecule has 1 aliphatic heterocycles. The highest BCUT2D eigenvalue weighted by molar-refractivity contribution is 9.10. The maximum atomic E-state index is 13.3. The van der Waals surface area contributed by atoms with Gasteiger partial charge >= 0.3 is 5.97 Å². The molecule has 1 atom stereocenters. The number of furan rings is 1. The highest BCUT2D eigenvalue weighted by Crippen LogP contribution is 2.31. The SMILES string of the molecule is CCOC(=O)C1=C(C)N=c2s/c(=C\c3ccco3)c(=O)n2[C@@H]1c1ccc(Br)cc1. The quantitative estimate of drug-likeness (QED) is 0.546. The van der Waals surface area contributed by atoms with Gasteiger partial charge in [-0.3, -0.25) is 9.36 Å². The highest BCUT2D eigenvalue weighted by atomic mass is 79.9. The van der Waals surface area contributed by atoms with Gasteiger partial charge in [0, 0.05) is 10.5 Å². The lowest BCUT2D eigenvalue weighted by molar-refractivity contribution is -0.139. The molecule has 0 radical (unpaired) electrons. The second-order valence-electron chi connectivity index (χ2n) is 6.37. The Bertz CT molecular complexity index is 1270. The molecule has 0 fully saturated rings. The number of allylic oxidation sites excluding steroid dienone is 1. The number of aromatic nitrogens is 1. The van der Waals surface area contributed by atoms with Gasteiger partial charge in [-0.2, -0.15) is 0 Å². The second-order valence-corrected chi connectivity index (χ2v) is 8.29. The number of ether oxygens (including phenoxy) is 1. The Labute approximate surface area is 178 Å². The second kappa shape index (κ2) is 7.96. The summed E-state index contributed by atoms with van der Waals surface area (Å²) in [4.78, 5) is 31.1. The number of esters is 1. The summed E-state index contributed by atoms with van der Waals surface area (Å²) < 4.78 is 13.6. The smallest absolute Gasteiger partial charge is 0.338 e. The molecular formula is C21H17BrN2O4S. The fourth-order valence-electron chi connectivity index (χ4n) is 3.25. The number of thiazole rings is 1. The fraction of sp³-hybridized carbons (Fsp3) is 0.190. The predicted octanol–water partition coefficient (Wildman–Crippen LogP) is 3.15. The molecule has 148 valence electrons. The Kier molecular flexibility index (Phi) is 5.38. The maximum Gasteiger partial charge on any atom is 0.338 e. The molecule has 4 rings (SSSR count). The number of rotatable bonds is 4. The first-order valence-electron chi connectivity index (χ1n) is 8.98. The Morgan fingerprint density at radius 3 is 2.76 bits per heavy atom. The van der Waals surface area contributed by atoms with E-state index in [1.807, 2.05) is 24.3 Å². The van der Waals surface area contributed by atoms with Crippen molar-refractivity contribution < 1.29 is 13.9 Å². The fourth-order valence-corrected chi connectivity index (χ4v) is 4.55. The number of benzene rings is 1. The number of carbonyl (C=O) groups excluding carboxylic acids is 1. The molecule has 0 bridgehead atoms. The third kappa shape index (κ3) is 3.65. The zero-order valence-corrected chi connectivity index (χ0v) is 18.1. The number of fused-ring (bicyclic) bond motifs is 1. The van der Waals surface area contributed by atoms with Crippen molar-refractivity contribution in [2.24, 2.45) is 4.99 Å². The van der Waals surface area contributed by atoms with Gasteiger partial charge in [-0.1, -0.05) is 39.4 Å². The van der Waals surface area contributed by atoms with Crippen LogP contribution in [0.5, 0.6) is 0 Å². The van der Waals surface area contributed by atoms with Gasteiger partial charge in [0.25, 0.3) is 5.56 Å². The van der Waals surface area contributed by atoms with Crippen LogP contribution in [0.4, 0.5) is 0 Å². The summed E-state index contributed by atoms with van der Waals surface area (Å²) in [6.45, 7) is 3.76. The molecule has 0 amide bonds. The van der Waals surface area contributed by atoms with E-state index >= 15 is 0 Å². The normalized spacial score (nSPS) is 16.5. The van der Waals surface area contributed by atoms with E-state index in [0.29, 0.717) is 26.4 Å². The van der Waals surface area contributed by atoms with Crippen molar-refractivity contribution in [3.05, 3.63) is 89.4 Å². The summed E-state index contributed by atoms with van der Waals surface area (Å²) >= 11 is 4.70. The number of carbonyl (C=O) groups is 1. The first kappa shape index (κ1) is 19.6. The number of nitrogens with zero attached hydrogens (tertiary/aromatic N) is 2. The Balaban J connectivity index is 1.97. The monoisotopic (exact) mass is 472 g/mol. The lowest BCUT2D eigenvalue weighted by Crippen LogP contribution is -2.39. The molecule has 6 nitrogen and oxygen atoms in total. The van der Waals surface area contributed by atoms with Crippen molar-refractivity contribution >= 4 is 39.3 Å². The molecule has 29 heavy (non-hydrogen) atoms. The molecule has 1 aromatic carbocycles. The standard InChI is InChI=1S/C21H17BrN2O4S/c1-3-27-20(26)17-12(2)23-21-24(18(17)13-6-8-14(22)9-7-13)19(25)16(29-21)11-15-5-4-10-28-15/h4-11,18H,3H2,1-2H3/b16-11-/t18-/m1/s1. The van der Waals surface area contributed by atoms with E-state index in [-0.39, 0.29) is 12.2 Å². The predicted molar refractivity (Wildman–Crippen MR) is 113 cm³/mol. The molecule has 8 heteroatoms. The van der Waals surface area contributed by atoms with Gasteiger partial charge in [0.15, 0.2) is 4.80 Å². The average molecular weight is 473 g/mol. The topological polar surface area (TPSA) is 73.8 Å². The summed E-state index contributed by atoms with van der Waals surface area (Å²) in [6.07, 6.45) is 3.24. The van der Waals surface area contributed by atoms with Gasteiger partial charge in [0.1, 0.15) is 5.76 Å². The number of hydrogen-bond donors (Lipinski definition) is 0. The van der Waals surface area contributed by atoms with Gasteiger partial charge in [0.05, 0.1) is 34.7 Å². The van der Waals surface area contributed by atoms with Crippen LogP contribution in [0.25, 0.3) is 6.08 Å². The Hall–Kier alpha value is -2.71. The third-order valence-electron chi connectivity index (χ3n) is 4.52. The minimum atomic E-state index is -0.614. The van der Waals surface area contributed by atoms with Gasteiger partial charge in [-0.05, 0) is 43.7 Å².